The summed E-state index contributed by atoms with van der Waals surface area (Å²) < 4.78 is 24.8. The summed E-state index contributed by atoms with van der Waals surface area (Å²) in [4.78, 5) is 34.0. The van der Waals surface area contributed by atoms with Crippen molar-refractivity contribution in [1.29, 1.82) is 0 Å². The van der Waals surface area contributed by atoms with Gasteiger partial charge in [-0.3, -0.25) is 9.78 Å². The number of aromatic nitrogens is 4. The van der Waals surface area contributed by atoms with Crippen LogP contribution < -0.4 is 4.90 Å². The van der Waals surface area contributed by atoms with Crippen LogP contribution in [-0.4, -0.2) is 71.6 Å². The molecule has 2 saturated heterocycles. The topological polar surface area (TPSA) is 109 Å². The molecule has 1 amide bonds. The fourth-order valence-electron chi connectivity index (χ4n) is 4.40. The Labute approximate surface area is 182 Å². The number of hydrogen-bond acceptors (Lipinski definition) is 8. The summed E-state index contributed by atoms with van der Waals surface area (Å²) >= 11 is 0. The zero-order valence-corrected chi connectivity index (χ0v) is 18.8. The Bertz CT molecular complexity index is 1040. The van der Waals surface area contributed by atoms with Crippen molar-refractivity contribution in [2.24, 2.45) is 5.92 Å². The first kappa shape index (κ1) is 21.6. The van der Waals surface area contributed by atoms with E-state index in [-0.39, 0.29) is 16.7 Å². The van der Waals surface area contributed by atoms with Gasteiger partial charge in [-0.25, -0.2) is 23.4 Å². The smallest absolute Gasteiger partial charge is 0.274 e. The van der Waals surface area contributed by atoms with Gasteiger partial charge in [0.15, 0.2) is 9.84 Å². The van der Waals surface area contributed by atoms with Crippen LogP contribution in [0.25, 0.3) is 0 Å². The van der Waals surface area contributed by atoms with Gasteiger partial charge in [0.1, 0.15) is 10.6 Å². The maximum atomic E-state index is 12.7. The quantitative estimate of drug-likeness (QED) is 0.704. The maximum absolute atomic E-state index is 12.7. The Morgan fingerprint density at radius 2 is 1.84 bits per heavy atom. The van der Waals surface area contributed by atoms with E-state index in [1.807, 2.05) is 0 Å². The molecular formula is C21H28N6O3S. The van der Waals surface area contributed by atoms with E-state index in [2.05, 4.69) is 26.8 Å². The summed E-state index contributed by atoms with van der Waals surface area (Å²) in [5, 5.41) is 0. The first-order valence-electron chi connectivity index (χ1n) is 10.7. The minimum Gasteiger partial charge on any atom is -0.341 e. The lowest BCUT2D eigenvalue weighted by atomic mass is 9.93. The zero-order chi connectivity index (χ0) is 22.0. The van der Waals surface area contributed by atoms with Gasteiger partial charge in [0.05, 0.1) is 18.1 Å². The molecule has 0 aromatic carbocycles. The van der Waals surface area contributed by atoms with Gasteiger partial charge in [-0.1, -0.05) is 6.92 Å². The Morgan fingerprint density at radius 3 is 2.48 bits per heavy atom. The van der Waals surface area contributed by atoms with Crippen LogP contribution in [0, 0.1) is 5.92 Å². The molecule has 0 aliphatic carbocycles. The molecule has 31 heavy (non-hydrogen) atoms. The number of anilines is 1. The molecule has 0 N–H and O–H groups in total. The number of piperidine rings is 2. The lowest BCUT2D eigenvalue weighted by Crippen LogP contribution is -2.39. The number of likely N-dealkylation sites (tertiary alicyclic amines) is 1. The molecule has 4 heterocycles. The average molecular weight is 445 g/mol. The monoisotopic (exact) mass is 444 g/mol. The van der Waals surface area contributed by atoms with E-state index in [4.69, 9.17) is 4.98 Å². The highest BCUT2D eigenvalue weighted by Gasteiger charge is 2.31. The van der Waals surface area contributed by atoms with Crippen LogP contribution in [0.15, 0.2) is 29.7 Å². The second kappa shape index (κ2) is 8.86. The Kier molecular flexibility index (Phi) is 6.17. The fourth-order valence-corrected chi connectivity index (χ4v) is 5.24. The molecule has 0 saturated carbocycles. The van der Waals surface area contributed by atoms with Crippen LogP contribution in [0.5, 0.6) is 0 Å². The van der Waals surface area contributed by atoms with Gasteiger partial charge in [0.25, 0.3) is 5.91 Å². The molecule has 9 nitrogen and oxygen atoms in total. The van der Waals surface area contributed by atoms with E-state index >= 15 is 0 Å². The van der Waals surface area contributed by atoms with Crippen molar-refractivity contribution in [3.8, 4) is 0 Å². The highest BCUT2D eigenvalue weighted by Crippen LogP contribution is 2.33. The Hall–Kier alpha value is -2.62. The molecule has 2 aromatic heterocycles. The molecule has 2 aliphatic heterocycles. The van der Waals surface area contributed by atoms with E-state index in [1.165, 1.54) is 37.5 Å². The summed E-state index contributed by atoms with van der Waals surface area (Å²) in [5.74, 6) is 0.970. The van der Waals surface area contributed by atoms with Gasteiger partial charge < -0.3 is 9.80 Å². The van der Waals surface area contributed by atoms with E-state index in [9.17, 15) is 13.2 Å². The Balaban J connectivity index is 1.55. The molecular weight excluding hydrogens is 416 g/mol. The van der Waals surface area contributed by atoms with Crippen LogP contribution >= 0.6 is 0 Å². The molecule has 2 fully saturated rings. The van der Waals surface area contributed by atoms with Crippen LogP contribution in [0.2, 0.25) is 0 Å². The third-order valence-electron chi connectivity index (χ3n) is 6.06. The molecule has 0 unspecified atom stereocenters. The van der Waals surface area contributed by atoms with E-state index in [0.717, 1.165) is 19.5 Å². The number of nitrogens with zero attached hydrogens (tertiary/aromatic N) is 6. The van der Waals surface area contributed by atoms with E-state index in [1.54, 1.807) is 4.90 Å². The van der Waals surface area contributed by atoms with Gasteiger partial charge in [0, 0.05) is 50.7 Å². The summed E-state index contributed by atoms with van der Waals surface area (Å²) in [6.45, 7) is 5.00. The Morgan fingerprint density at radius 1 is 1.06 bits per heavy atom. The number of rotatable bonds is 4. The van der Waals surface area contributed by atoms with Gasteiger partial charge in [-0.15, -0.1) is 0 Å². The van der Waals surface area contributed by atoms with Crippen LogP contribution in [-0.2, 0) is 9.84 Å². The molecule has 10 heteroatoms. The highest BCUT2D eigenvalue weighted by molar-refractivity contribution is 7.90. The fraction of sp³-hybridized carbons (Fsp3) is 0.571. The van der Waals surface area contributed by atoms with Crippen molar-refractivity contribution < 1.29 is 13.2 Å². The molecule has 0 spiro atoms. The third-order valence-corrected chi connectivity index (χ3v) is 7.17. The first-order chi connectivity index (χ1) is 14.8. The molecule has 4 rings (SSSR count). The standard InChI is InChI=1S/C21H28N6O3S/c1-15-4-3-9-27(14-15)21-24-13-18(31(2,29)30)19(25-21)16-5-10-26(11-6-16)20(28)17-12-22-7-8-23-17/h7-8,12-13,15-16H,3-6,9-11,14H2,1-2H3/t15-/m0/s1. The molecule has 166 valence electrons. The molecule has 2 aliphatic rings. The molecule has 0 radical (unpaired) electrons. The number of amides is 1. The minimum atomic E-state index is -3.46. The van der Waals surface area contributed by atoms with E-state index < -0.39 is 9.84 Å². The zero-order valence-electron chi connectivity index (χ0n) is 17.9. The largest absolute Gasteiger partial charge is 0.341 e. The summed E-state index contributed by atoms with van der Waals surface area (Å²) in [6.07, 6.45) is 10.7. The van der Waals surface area contributed by atoms with Gasteiger partial charge in [-0.2, -0.15) is 0 Å². The van der Waals surface area contributed by atoms with Crippen molar-refractivity contribution in [2.75, 3.05) is 37.3 Å². The third kappa shape index (κ3) is 4.84. The number of carbonyl (C=O) groups is 1. The molecule has 0 bridgehead atoms. The second-order valence-corrected chi connectivity index (χ2v) is 10.5. The van der Waals surface area contributed by atoms with Crippen molar-refractivity contribution in [3.63, 3.8) is 0 Å². The maximum Gasteiger partial charge on any atom is 0.274 e. The van der Waals surface area contributed by atoms with Gasteiger partial charge in [0.2, 0.25) is 5.95 Å². The summed E-state index contributed by atoms with van der Waals surface area (Å²) in [5.41, 5.74) is 0.902. The minimum absolute atomic E-state index is 0.0420. The average Bonchev–Trinajstić information content (AvgIpc) is 2.78. The summed E-state index contributed by atoms with van der Waals surface area (Å²) in [6, 6.07) is 0. The van der Waals surface area contributed by atoms with E-state index in [0.29, 0.717) is 49.2 Å². The van der Waals surface area contributed by atoms with Crippen molar-refractivity contribution in [3.05, 3.63) is 36.2 Å². The number of hydrogen-bond donors (Lipinski definition) is 0. The van der Waals surface area contributed by atoms with Crippen LogP contribution in [0.3, 0.4) is 0 Å². The molecule has 2 aromatic rings. The lowest BCUT2D eigenvalue weighted by Gasteiger charge is -2.34. The first-order valence-corrected chi connectivity index (χ1v) is 12.6. The predicted octanol–water partition coefficient (Wildman–Crippen LogP) is 1.93. The number of sulfone groups is 1. The highest BCUT2D eigenvalue weighted by atomic mass is 32.2. The SMILES string of the molecule is C[C@H]1CCCN(c2ncc(S(C)(=O)=O)c(C3CCN(C(=O)c4cnccn4)CC3)n2)C1. The van der Waals surface area contributed by atoms with Crippen molar-refractivity contribution in [1.82, 2.24) is 24.8 Å². The predicted molar refractivity (Wildman–Crippen MR) is 116 cm³/mol. The number of carbonyl (C=O) groups excluding carboxylic acids is 1. The van der Waals surface area contributed by atoms with Crippen LogP contribution in [0.4, 0.5) is 5.95 Å². The molecule has 1 atom stereocenters. The second-order valence-electron chi connectivity index (χ2n) is 8.54. The van der Waals surface area contributed by atoms with Crippen molar-refractivity contribution >= 4 is 21.7 Å². The van der Waals surface area contributed by atoms with Gasteiger partial charge >= 0.3 is 0 Å². The summed E-state index contributed by atoms with van der Waals surface area (Å²) in [7, 11) is -3.46. The van der Waals surface area contributed by atoms with Crippen LogP contribution in [0.1, 0.15) is 54.7 Å². The van der Waals surface area contributed by atoms with Gasteiger partial charge in [-0.05, 0) is 31.6 Å². The lowest BCUT2D eigenvalue weighted by molar-refractivity contribution is 0.0705. The van der Waals surface area contributed by atoms with Crippen molar-refractivity contribution in [2.45, 2.75) is 43.4 Å². The normalized spacial score (nSPS) is 20.6.